The van der Waals surface area contributed by atoms with Crippen LogP contribution in [0.25, 0.3) is 0 Å². The largest absolute Gasteiger partial charge is 0.478 e. The van der Waals surface area contributed by atoms with E-state index in [1.165, 1.54) is 12.1 Å². The Hall–Kier alpha value is -1.53. The Morgan fingerprint density at radius 3 is 2.53 bits per heavy atom. The van der Waals surface area contributed by atoms with Crippen LogP contribution in [0.4, 0.5) is 0 Å². The Kier molecular flexibility index (Phi) is 6.38. The fourth-order valence-electron chi connectivity index (χ4n) is 1.46. The lowest BCUT2D eigenvalue weighted by Crippen LogP contribution is -2.40. The van der Waals surface area contributed by atoms with Crippen molar-refractivity contribution < 1.29 is 14.7 Å². The minimum atomic E-state index is -0.963. The predicted molar refractivity (Wildman–Crippen MR) is 76.2 cm³/mol. The van der Waals surface area contributed by atoms with Gasteiger partial charge >= 0.3 is 5.97 Å². The van der Waals surface area contributed by atoms with Crippen molar-refractivity contribution in [3.63, 3.8) is 0 Å². The molecule has 1 aromatic carbocycles. The van der Waals surface area contributed by atoms with Gasteiger partial charge in [0.05, 0.1) is 11.6 Å². The number of hydrogen-bond donors (Lipinski definition) is 3. The molecule has 6 heteroatoms. The summed E-state index contributed by atoms with van der Waals surface area (Å²) in [7, 11) is 0. The van der Waals surface area contributed by atoms with Crippen LogP contribution in [0.5, 0.6) is 0 Å². The van der Waals surface area contributed by atoms with E-state index in [1.807, 2.05) is 6.26 Å². The molecule has 4 N–H and O–H groups in total. The van der Waals surface area contributed by atoms with Gasteiger partial charge in [0.1, 0.15) is 0 Å². The van der Waals surface area contributed by atoms with Crippen LogP contribution in [-0.4, -0.2) is 35.0 Å². The van der Waals surface area contributed by atoms with Crippen LogP contribution in [0, 0.1) is 0 Å². The SMILES string of the molecule is CSCC[C@@H](N)C(=O)NCc1ccc(C(=O)O)cc1. The van der Waals surface area contributed by atoms with Crippen LogP contribution < -0.4 is 11.1 Å². The summed E-state index contributed by atoms with van der Waals surface area (Å²) in [5, 5.41) is 11.5. The molecule has 1 amide bonds. The highest BCUT2D eigenvalue weighted by Gasteiger charge is 2.12. The van der Waals surface area contributed by atoms with Gasteiger partial charge in [0.2, 0.25) is 5.91 Å². The number of rotatable bonds is 7. The number of carbonyl (C=O) groups is 2. The molecule has 0 radical (unpaired) electrons. The van der Waals surface area contributed by atoms with Crippen LogP contribution in [0.2, 0.25) is 0 Å². The fourth-order valence-corrected chi connectivity index (χ4v) is 1.95. The fraction of sp³-hybridized carbons (Fsp3) is 0.385. The number of nitrogens with one attached hydrogen (secondary N) is 1. The average molecular weight is 282 g/mol. The summed E-state index contributed by atoms with van der Waals surface area (Å²) < 4.78 is 0. The van der Waals surface area contributed by atoms with Gasteiger partial charge in [-0.3, -0.25) is 4.79 Å². The molecule has 0 saturated carbocycles. The van der Waals surface area contributed by atoms with Crippen molar-refractivity contribution in [2.45, 2.75) is 19.0 Å². The molecule has 0 bridgehead atoms. The van der Waals surface area contributed by atoms with Crippen LogP contribution in [0.3, 0.4) is 0 Å². The molecule has 19 heavy (non-hydrogen) atoms. The van der Waals surface area contributed by atoms with Gasteiger partial charge in [0.15, 0.2) is 0 Å². The van der Waals surface area contributed by atoms with Crippen molar-refractivity contribution in [3.05, 3.63) is 35.4 Å². The summed E-state index contributed by atoms with van der Waals surface area (Å²) in [4.78, 5) is 22.3. The molecule has 1 rings (SSSR count). The van der Waals surface area contributed by atoms with Crippen molar-refractivity contribution >= 4 is 23.6 Å². The number of benzene rings is 1. The number of hydrogen-bond acceptors (Lipinski definition) is 4. The van der Waals surface area contributed by atoms with E-state index in [9.17, 15) is 9.59 Å². The molecular formula is C13H18N2O3S. The number of carbonyl (C=O) groups excluding carboxylic acids is 1. The van der Waals surface area contributed by atoms with Gasteiger partial charge in [0.25, 0.3) is 0 Å². The highest BCUT2D eigenvalue weighted by atomic mass is 32.2. The van der Waals surface area contributed by atoms with Gasteiger partial charge in [-0.05, 0) is 36.1 Å². The summed E-state index contributed by atoms with van der Waals surface area (Å²) in [5.41, 5.74) is 6.80. The standard InChI is InChI=1S/C13H18N2O3S/c1-19-7-6-11(14)12(16)15-8-9-2-4-10(5-3-9)13(17)18/h2-5,11H,6-8,14H2,1H3,(H,15,16)(H,17,18)/t11-/m1/s1. The number of thioether (sulfide) groups is 1. The molecule has 0 unspecified atom stereocenters. The van der Waals surface area contributed by atoms with Crippen LogP contribution >= 0.6 is 11.8 Å². The van der Waals surface area contributed by atoms with E-state index >= 15 is 0 Å². The highest BCUT2D eigenvalue weighted by molar-refractivity contribution is 7.98. The lowest BCUT2D eigenvalue weighted by Gasteiger charge is -2.11. The summed E-state index contributed by atoms with van der Waals surface area (Å²) in [6.07, 6.45) is 2.61. The van der Waals surface area contributed by atoms with Gasteiger partial charge in [-0.1, -0.05) is 12.1 Å². The van der Waals surface area contributed by atoms with E-state index in [0.717, 1.165) is 11.3 Å². The van der Waals surface area contributed by atoms with Crippen molar-refractivity contribution in [2.24, 2.45) is 5.73 Å². The zero-order valence-corrected chi connectivity index (χ0v) is 11.6. The van der Waals surface area contributed by atoms with E-state index in [1.54, 1.807) is 23.9 Å². The minimum absolute atomic E-state index is 0.184. The highest BCUT2D eigenvalue weighted by Crippen LogP contribution is 2.04. The quantitative estimate of drug-likeness (QED) is 0.696. The number of carboxylic acids is 1. The Labute approximate surface area is 116 Å². The number of amides is 1. The van der Waals surface area contributed by atoms with Crippen LogP contribution in [0.15, 0.2) is 24.3 Å². The first-order valence-electron chi connectivity index (χ1n) is 5.89. The Balaban J connectivity index is 2.43. The maximum atomic E-state index is 11.7. The smallest absolute Gasteiger partial charge is 0.335 e. The van der Waals surface area contributed by atoms with Crippen LogP contribution in [0.1, 0.15) is 22.3 Å². The van der Waals surface area contributed by atoms with Crippen molar-refractivity contribution in [1.29, 1.82) is 0 Å². The Morgan fingerprint density at radius 1 is 1.37 bits per heavy atom. The number of carboxylic acid groups (broad SMARTS) is 1. The molecule has 0 aromatic heterocycles. The molecule has 0 heterocycles. The second kappa shape index (κ2) is 7.81. The summed E-state index contributed by atoms with van der Waals surface area (Å²) in [5.74, 6) is -0.298. The second-order valence-corrected chi connectivity index (χ2v) is 5.09. The molecule has 1 aromatic rings. The lowest BCUT2D eigenvalue weighted by atomic mass is 10.1. The molecule has 0 fully saturated rings. The van der Waals surface area contributed by atoms with Gasteiger partial charge < -0.3 is 16.2 Å². The third kappa shape index (κ3) is 5.32. The third-order valence-corrected chi connectivity index (χ3v) is 3.28. The van der Waals surface area contributed by atoms with Gasteiger partial charge in [0, 0.05) is 6.54 Å². The first-order valence-corrected chi connectivity index (χ1v) is 7.28. The van der Waals surface area contributed by atoms with Gasteiger partial charge in [-0.25, -0.2) is 4.79 Å². The number of aromatic carboxylic acids is 1. The van der Waals surface area contributed by atoms with Crippen molar-refractivity contribution in [2.75, 3.05) is 12.0 Å². The van der Waals surface area contributed by atoms with Gasteiger partial charge in [-0.15, -0.1) is 0 Å². The second-order valence-electron chi connectivity index (χ2n) is 4.11. The summed E-state index contributed by atoms with van der Waals surface area (Å²) >= 11 is 1.65. The predicted octanol–water partition coefficient (Wildman–Crippen LogP) is 1.08. The van der Waals surface area contributed by atoms with Gasteiger partial charge in [-0.2, -0.15) is 11.8 Å². The van der Waals surface area contributed by atoms with E-state index in [2.05, 4.69) is 5.32 Å². The molecular weight excluding hydrogens is 264 g/mol. The van der Waals surface area contributed by atoms with E-state index in [0.29, 0.717) is 13.0 Å². The monoisotopic (exact) mass is 282 g/mol. The molecule has 0 aliphatic rings. The van der Waals surface area contributed by atoms with E-state index in [4.69, 9.17) is 10.8 Å². The first kappa shape index (κ1) is 15.5. The zero-order chi connectivity index (χ0) is 14.3. The first-order chi connectivity index (χ1) is 9.04. The topological polar surface area (TPSA) is 92.4 Å². The van der Waals surface area contributed by atoms with E-state index < -0.39 is 12.0 Å². The van der Waals surface area contributed by atoms with Crippen molar-refractivity contribution in [3.8, 4) is 0 Å². The molecule has 104 valence electrons. The molecule has 0 aliphatic heterocycles. The normalized spacial score (nSPS) is 11.9. The molecule has 0 saturated heterocycles. The van der Waals surface area contributed by atoms with E-state index in [-0.39, 0.29) is 11.5 Å². The maximum absolute atomic E-state index is 11.7. The molecule has 5 nitrogen and oxygen atoms in total. The third-order valence-electron chi connectivity index (χ3n) is 2.64. The molecule has 1 atom stereocenters. The molecule has 0 aliphatic carbocycles. The number of nitrogens with two attached hydrogens (primary N) is 1. The zero-order valence-electron chi connectivity index (χ0n) is 10.8. The Morgan fingerprint density at radius 2 is 2.00 bits per heavy atom. The van der Waals surface area contributed by atoms with Crippen LogP contribution in [-0.2, 0) is 11.3 Å². The maximum Gasteiger partial charge on any atom is 0.335 e. The Bertz CT molecular complexity index is 434. The minimum Gasteiger partial charge on any atom is -0.478 e. The van der Waals surface area contributed by atoms with Crippen molar-refractivity contribution in [1.82, 2.24) is 5.32 Å². The summed E-state index contributed by atoms with van der Waals surface area (Å²) in [6, 6.07) is 5.88. The lowest BCUT2D eigenvalue weighted by molar-refractivity contribution is -0.122. The summed E-state index contributed by atoms with van der Waals surface area (Å²) in [6.45, 7) is 0.353. The molecule has 0 spiro atoms. The average Bonchev–Trinajstić information content (AvgIpc) is 2.42.